The molecule has 1 aromatic rings. The topological polar surface area (TPSA) is 72.0 Å². The van der Waals surface area contributed by atoms with E-state index in [4.69, 9.17) is 5.73 Å². The Labute approximate surface area is 68.1 Å². The highest BCUT2D eigenvalue weighted by molar-refractivity contribution is 8.93. The molecule has 1 heterocycles. The zero-order valence-corrected chi connectivity index (χ0v) is 7.22. The predicted octanol–water partition coefficient (Wildman–Crippen LogP) is 0.313. The van der Waals surface area contributed by atoms with Crippen LogP contribution >= 0.6 is 17.0 Å². The molecule has 0 unspecified atom stereocenters. The molecule has 0 saturated heterocycles. The Morgan fingerprint density at radius 1 is 1.70 bits per heavy atom. The van der Waals surface area contributed by atoms with E-state index in [0.717, 1.165) is 0 Å². The van der Waals surface area contributed by atoms with Crippen LogP contribution in [0.25, 0.3) is 0 Å². The molecule has 0 radical (unpaired) electrons. The molecule has 1 rings (SSSR count). The van der Waals surface area contributed by atoms with Crippen LogP contribution in [0, 0.1) is 6.92 Å². The quantitative estimate of drug-likeness (QED) is 0.699. The van der Waals surface area contributed by atoms with Crippen LogP contribution in [0.2, 0.25) is 0 Å². The highest BCUT2D eigenvalue weighted by Gasteiger charge is 2.03. The van der Waals surface area contributed by atoms with Gasteiger partial charge in [-0.15, -0.1) is 17.0 Å². The van der Waals surface area contributed by atoms with E-state index in [9.17, 15) is 4.79 Å². The third kappa shape index (κ3) is 1.48. The van der Waals surface area contributed by atoms with Gasteiger partial charge in [0, 0.05) is 6.54 Å². The Balaban J connectivity index is 0.000000810. The van der Waals surface area contributed by atoms with Crippen molar-refractivity contribution >= 4 is 17.0 Å². The second-order valence-electron chi connectivity index (χ2n) is 1.77. The van der Waals surface area contributed by atoms with Gasteiger partial charge in [-0.3, -0.25) is 4.79 Å². The minimum absolute atomic E-state index is 0. The Hall–Kier alpha value is -0.550. The maximum absolute atomic E-state index is 10.6. The Kier molecular flexibility index (Phi) is 3.38. The number of nitrogens with two attached hydrogens (primary N) is 1. The lowest BCUT2D eigenvalue weighted by molar-refractivity contribution is 0.391. The minimum Gasteiger partial charge on any atom is -0.383 e. The monoisotopic (exact) mass is 208 g/mol. The highest BCUT2D eigenvalue weighted by atomic mass is 79.9. The number of aryl methyl sites for hydroxylation is 1. The van der Waals surface area contributed by atoms with Gasteiger partial charge in [-0.05, 0) is 6.92 Å². The third-order valence-electron chi connectivity index (χ3n) is 1.20. The number of H-pyrrole nitrogens is 1. The van der Waals surface area contributed by atoms with E-state index < -0.39 is 0 Å². The zero-order valence-electron chi connectivity index (χ0n) is 5.51. The average molecular weight is 209 g/mol. The van der Waals surface area contributed by atoms with Gasteiger partial charge in [0.25, 0.3) is 5.56 Å². The van der Waals surface area contributed by atoms with Gasteiger partial charge in [-0.25, -0.2) is 0 Å². The number of hydrogen-bond donors (Lipinski definition) is 2. The largest absolute Gasteiger partial charge is 0.383 e. The van der Waals surface area contributed by atoms with Gasteiger partial charge in [-0.2, -0.15) is 5.16 Å². The molecule has 0 aliphatic rings. The molecule has 4 nitrogen and oxygen atoms in total. The van der Waals surface area contributed by atoms with Gasteiger partial charge in [-0.1, -0.05) is 0 Å². The number of hydrogen-bond acceptors (Lipinski definition) is 3. The van der Waals surface area contributed by atoms with E-state index >= 15 is 0 Å². The van der Waals surface area contributed by atoms with Gasteiger partial charge >= 0.3 is 0 Å². The van der Waals surface area contributed by atoms with Crippen LogP contribution in [0.1, 0.15) is 11.3 Å². The Bertz CT molecular complexity index is 252. The van der Waals surface area contributed by atoms with Crippen LogP contribution in [0.15, 0.2) is 9.32 Å². The van der Waals surface area contributed by atoms with Crippen LogP contribution in [-0.4, -0.2) is 5.16 Å². The number of rotatable bonds is 1. The first-order valence-electron chi connectivity index (χ1n) is 2.62. The molecule has 0 atom stereocenters. The molecule has 0 aliphatic heterocycles. The summed E-state index contributed by atoms with van der Waals surface area (Å²) in [6.07, 6.45) is 0. The normalized spacial score (nSPS) is 9.00. The van der Waals surface area contributed by atoms with Crippen molar-refractivity contribution in [2.75, 3.05) is 0 Å². The van der Waals surface area contributed by atoms with Crippen molar-refractivity contribution < 1.29 is 4.52 Å². The van der Waals surface area contributed by atoms with E-state index in [0.29, 0.717) is 11.3 Å². The summed E-state index contributed by atoms with van der Waals surface area (Å²) < 4.78 is 4.67. The van der Waals surface area contributed by atoms with E-state index in [2.05, 4.69) is 9.68 Å². The summed E-state index contributed by atoms with van der Waals surface area (Å²) >= 11 is 0. The highest BCUT2D eigenvalue weighted by Crippen LogP contribution is 1.96. The predicted molar refractivity (Wildman–Crippen MR) is 42.3 cm³/mol. The molecule has 3 N–H and O–H groups in total. The van der Waals surface area contributed by atoms with Crippen LogP contribution in [0.5, 0.6) is 0 Å². The van der Waals surface area contributed by atoms with Crippen LogP contribution < -0.4 is 11.3 Å². The lowest BCUT2D eigenvalue weighted by Gasteiger charge is -1.83. The summed E-state index contributed by atoms with van der Waals surface area (Å²) in [5.74, 6) is 0.572. The standard InChI is InChI=1S/C5H8N2O2.BrH/c1-3-4(2-6)5(8)7-9-3;/h2,6H2,1H3,(H,7,8);1H. The first-order valence-corrected chi connectivity index (χ1v) is 2.62. The second-order valence-corrected chi connectivity index (χ2v) is 1.77. The van der Waals surface area contributed by atoms with E-state index in [1.807, 2.05) is 0 Å². The summed E-state index contributed by atoms with van der Waals surface area (Å²) in [6.45, 7) is 1.93. The van der Waals surface area contributed by atoms with Gasteiger partial charge in [0.15, 0.2) is 0 Å². The molecule has 0 spiro atoms. The molecular formula is C5H9BrN2O2. The average Bonchev–Trinajstić information content (AvgIpc) is 2.12. The molecule has 1 aromatic heterocycles. The molecular weight excluding hydrogens is 200 g/mol. The number of aromatic amines is 1. The summed E-state index contributed by atoms with van der Waals surface area (Å²) in [7, 11) is 0. The summed E-state index contributed by atoms with van der Waals surface area (Å²) in [5.41, 5.74) is 5.51. The lowest BCUT2D eigenvalue weighted by Crippen LogP contribution is -2.10. The SMILES string of the molecule is Br.Cc1o[nH]c(=O)c1CN. The van der Waals surface area contributed by atoms with Crippen molar-refractivity contribution in [1.29, 1.82) is 0 Å². The number of halogens is 1. The first-order chi connectivity index (χ1) is 4.25. The molecule has 10 heavy (non-hydrogen) atoms. The molecule has 0 amide bonds. The van der Waals surface area contributed by atoms with Crippen LogP contribution in [-0.2, 0) is 6.54 Å². The molecule has 58 valence electrons. The summed E-state index contributed by atoms with van der Waals surface area (Å²) in [6, 6.07) is 0. The fourth-order valence-electron chi connectivity index (χ4n) is 0.642. The van der Waals surface area contributed by atoms with Crippen molar-refractivity contribution in [3.63, 3.8) is 0 Å². The van der Waals surface area contributed by atoms with E-state index in [1.54, 1.807) is 6.92 Å². The number of aromatic nitrogens is 1. The van der Waals surface area contributed by atoms with Crippen molar-refractivity contribution in [1.82, 2.24) is 5.16 Å². The maximum atomic E-state index is 10.6. The second kappa shape index (κ2) is 3.58. The summed E-state index contributed by atoms with van der Waals surface area (Å²) in [4.78, 5) is 10.6. The maximum Gasteiger partial charge on any atom is 0.284 e. The third-order valence-corrected chi connectivity index (χ3v) is 1.20. The van der Waals surface area contributed by atoms with Crippen molar-refractivity contribution in [2.45, 2.75) is 13.5 Å². The van der Waals surface area contributed by atoms with Crippen molar-refractivity contribution in [3.05, 3.63) is 21.7 Å². The fourth-order valence-corrected chi connectivity index (χ4v) is 0.642. The lowest BCUT2D eigenvalue weighted by atomic mass is 10.3. The Morgan fingerprint density at radius 2 is 2.30 bits per heavy atom. The molecule has 0 aliphatic carbocycles. The summed E-state index contributed by atoms with van der Waals surface area (Å²) in [5, 5.41) is 2.18. The van der Waals surface area contributed by atoms with Gasteiger partial charge < -0.3 is 10.3 Å². The van der Waals surface area contributed by atoms with Crippen LogP contribution in [0.3, 0.4) is 0 Å². The van der Waals surface area contributed by atoms with E-state index in [1.165, 1.54) is 0 Å². The minimum atomic E-state index is -0.227. The smallest absolute Gasteiger partial charge is 0.284 e. The molecule has 5 heteroatoms. The molecule has 0 bridgehead atoms. The van der Waals surface area contributed by atoms with Crippen LogP contribution in [0.4, 0.5) is 0 Å². The first kappa shape index (κ1) is 9.45. The van der Waals surface area contributed by atoms with Gasteiger partial charge in [0.2, 0.25) is 0 Å². The van der Waals surface area contributed by atoms with Gasteiger partial charge in [0.05, 0.1) is 5.56 Å². The zero-order chi connectivity index (χ0) is 6.85. The van der Waals surface area contributed by atoms with Gasteiger partial charge in [0.1, 0.15) is 5.76 Å². The van der Waals surface area contributed by atoms with Crippen molar-refractivity contribution in [3.8, 4) is 0 Å². The van der Waals surface area contributed by atoms with Crippen molar-refractivity contribution in [2.24, 2.45) is 5.73 Å². The van der Waals surface area contributed by atoms with E-state index in [-0.39, 0.29) is 29.1 Å². The molecule has 0 saturated carbocycles. The molecule has 0 aromatic carbocycles. The Morgan fingerprint density at radius 3 is 2.50 bits per heavy atom. The number of nitrogens with one attached hydrogen (secondary N) is 1. The fraction of sp³-hybridized carbons (Fsp3) is 0.400. The molecule has 0 fully saturated rings.